The van der Waals surface area contributed by atoms with Gasteiger partial charge in [0.25, 0.3) is 11.8 Å². The monoisotopic (exact) mass is 402 g/mol. The van der Waals surface area contributed by atoms with Gasteiger partial charge in [0.2, 0.25) is 0 Å². The van der Waals surface area contributed by atoms with Gasteiger partial charge in [-0.25, -0.2) is 0 Å². The van der Waals surface area contributed by atoms with Crippen molar-refractivity contribution in [1.29, 1.82) is 0 Å². The number of ether oxygens (including phenoxy) is 1. The first-order valence-corrected chi connectivity index (χ1v) is 9.50. The molecule has 0 saturated heterocycles. The number of carbonyl (C=O) groups excluding carboxylic acids is 3. The Balaban J connectivity index is 1.65. The molecule has 6 heteroatoms. The number of benzene rings is 3. The molecule has 3 aromatic rings. The number of nitrogens with one attached hydrogen (secondary N) is 2. The van der Waals surface area contributed by atoms with Crippen molar-refractivity contribution in [1.82, 2.24) is 5.32 Å². The Morgan fingerprint density at radius 1 is 0.933 bits per heavy atom. The Bertz CT molecular complexity index is 1030. The quantitative estimate of drug-likeness (QED) is 0.558. The second kappa shape index (κ2) is 10.0. The van der Waals surface area contributed by atoms with E-state index in [1.807, 2.05) is 37.3 Å². The van der Waals surface area contributed by atoms with Crippen LogP contribution in [0.5, 0.6) is 5.75 Å². The number of rotatable bonds is 8. The Labute approximate surface area is 174 Å². The second-order valence-electron chi connectivity index (χ2n) is 6.64. The van der Waals surface area contributed by atoms with E-state index < -0.39 is 5.91 Å². The van der Waals surface area contributed by atoms with Crippen LogP contribution in [0.3, 0.4) is 0 Å². The molecular formula is C24H22N2O4. The lowest BCUT2D eigenvalue weighted by molar-refractivity contribution is -0.118. The van der Waals surface area contributed by atoms with Gasteiger partial charge in [-0.1, -0.05) is 54.6 Å². The van der Waals surface area contributed by atoms with Gasteiger partial charge in [0.15, 0.2) is 12.9 Å². The van der Waals surface area contributed by atoms with E-state index in [-0.39, 0.29) is 18.6 Å². The predicted octanol–water partition coefficient (Wildman–Crippen LogP) is 4.01. The minimum Gasteiger partial charge on any atom is -0.483 e. The standard InChI is InChI=1S/C24H22N2O4/c1-17(18-9-3-2-4-10-18)25-24(29)20-12-6-7-13-21(20)26-23(28)16-30-22-14-8-5-11-19(22)15-27/h2-15,17H,16H2,1H3,(H,25,29)(H,26,28). The summed E-state index contributed by atoms with van der Waals surface area (Å²) >= 11 is 0. The number of amides is 2. The topological polar surface area (TPSA) is 84.5 Å². The third kappa shape index (κ3) is 5.32. The molecule has 0 radical (unpaired) electrons. The molecule has 0 aliphatic rings. The van der Waals surface area contributed by atoms with Crippen LogP contribution in [0.15, 0.2) is 78.9 Å². The van der Waals surface area contributed by atoms with Gasteiger partial charge in [0.05, 0.1) is 22.9 Å². The number of hydrogen-bond acceptors (Lipinski definition) is 4. The van der Waals surface area contributed by atoms with Crippen LogP contribution < -0.4 is 15.4 Å². The summed E-state index contributed by atoms with van der Waals surface area (Å²) in [5.41, 5.74) is 2.07. The second-order valence-corrected chi connectivity index (χ2v) is 6.64. The first-order chi connectivity index (χ1) is 14.6. The lowest BCUT2D eigenvalue weighted by Gasteiger charge is -2.16. The van der Waals surface area contributed by atoms with Gasteiger partial charge in [-0.3, -0.25) is 14.4 Å². The van der Waals surface area contributed by atoms with Gasteiger partial charge in [-0.05, 0) is 36.8 Å². The molecule has 152 valence electrons. The summed E-state index contributed by atoms with van der Waals surface area (Å²) in [5, 5.41) is 5.64. The molecule has 1 atom stereocenters. The Morgan fingerprint density at radius 2 is 1.60 bits per heavy atom. The van der Waals surface area contributed by atoms with Crippen LogP contribution in [0.1, 0.15) is 39.2 Å². The summed E-state index contributed by atoms with van der Waals surface area (Å²) < 4.78 is 5.44. The highest BCUT2D eigenvalue weighted by Gasteiger charge is 2.16. The summed E-state index contributed by atoms with van der Waals surface area (Å²) in [7, 11) is 0. The largest absolute Gasteiger partial charge is 0.483 e. The van der Waals surface area contributed by atoms with Gasteiger partial charge < -0.3 is 15.4 Å². The summed E-state index contributed by atoms with van der Waals surface area (Å²) in [6.45, 7) is 1.61. The molecule has 0 bridgehead atoms. The summed E-state index contributed by atoms with van der Waals surface area (Å²) in [6.07, 6.45) is 0.667. The fourth-order valence-electron chi connectivity index (χ4n) is 2.93. The minimum atomic E-state index is -0.438. The van der Waals surface area contributed by atoms with Crippen LogP contribution in [0, 0.1) is 0 Å². The molecule has 3 rings (SSSR count). The average molecular weight is 402 g/mol. The predicted molar refractivity (Wildman–Crippen MR) is 115 cm³/mol. The highest BCUT2D eigenvalue weighted by molar-refractivity contribution is 6.04. The molecule has 0 spiro atoms. The lowest BCUT2D eigenvalue weighted by atomic mass is 10.1. The maximum absolute atomic E-state index is 12.8. The molecule has 0 aliphatic heterocycles. The van der Waals surface area contributed by atoms with Crippen LogP contribution in [-0.2, 0) is 4.79 Å². The van der Waals surface area contributed by atoms with Crippen molar-refractivity contribution in [2.75, 3.05) is 11.9 Å². The molecule has 30 heavy (non-hydrogen) atoms. The molecule has 0 heterocycles. The van der Waals surface area contributed by atoms with E-state index in [4.69, 9.17) is 4.74 Å². The maximum Gasteiger partial charge on any atom is 0.262 e. The number of aldehydes is 1. The Hall–Kier alpha value is -3.93. The average Bonchev–Trinajstić information content (AvgIpc) is 2.78. The fraction of sp³-hybridized carbons (Fsp3) is 0.125. The van der Waals surface area contributed by atoms with E-state index in [9.17, 15) is 14.4 Å². The molecule has 0 aliphatic carbocycles. The number of anilines is 1. The van der Waals surface area contributed by atoms with Crippen LogP contribution in [0.4, 0.5) is 5.69 Å². The number of carbonyl (C=O) groups is 3. The molecule has 0 fully saturated rings. The van der Waals surface area contributed by atoms with Gasteiger partial charge in [-0.2, -0.15) is 0 Å². The van der Waals surface area contributed by atoms with E-state index in [0.717, 1.165) is 5.56 Å². The SMILES string of the molecule is CC(NC(=O)c1ccccc1NC(=O)COc1ccccc1C=O)c1ccccc1. The summed E-state index contributed by atoms with van der Waals surface area (Å²) in [4.78, 5) is 36.2. The smallest absolute Gasteiger partial charge is 0.262 e. The summed E-state index contributed by atoms with van der Waals surface area (Å²) in [6, 6.07) is 22.8. The maximum atomic E-state index is 12.8. The third-order valence-electron chi connectivity index (χ3n) is 4.50. The zero-order valence-corrected chi connectivity index (χ0v) is 16.5. The first-order valence-electron chi connectivity index (χ1n) is 9.50. The van der Waals surface area contributed by atoms with Crippen LogP contribution in [0.2, 0.25) is 0 Å². The van der Waals surface area contributed by atoms with Crippen molar-refractivity contribution in [2.45, 2.75) is 13.0 Å². The van der Waals surface area contributed by atoms with E-state index >= 15 is 0 Å². The van der Waals surface area contributed by atoms with E-state index in [1.165, 1.54) is 0 Å². The summed E-state index contributed by atoms with van der Waals surface area (Å²) in [5.74, 6) is -0.410. The van der Waals surface area contributed by atoms with Gasteiger partial charge in [0.1, 0.15) is 5.75 Å². The number of para-hydroxylation sites is 2. The lowest BCUT2D eigenvalue weighted by Crippen LogP contribution is -2.28. The zero-order chi connectivity index (χ0) is 21.3. The normalized spacial score (nSPS) is 11.2. The fourth-order valence-corrected chi connectivity index (χ4v) is 2.93. The van der Waals surface area contributed by atoms with E-state index in [2.05, 4.69) is 10.6 Å². The molecule has 0 saturated carbocycles. The minimum absolute atomic E-state index is 0.189. The Kier molecular flexibility index (Phi) is 6.95. The number of hydrogen-bond donors (Lipinski definition) is 2. The van der Waals surface area contributed by atoms with Crippen molar-refractivity contribution in [2.24, 2.45) is 0 Å². The van der Waals surface area contributed by atoms with Crippen molar-refractivity contribution in [3.8, 4) is 5.75 Å². The van der Waals surface area contributed by atoms with Crippen LogP contribution in [0.25, 0.3) is 0 Å². The first kappa shape index (κ1) is 20.8. The molecule has 2 amide bonds. The molecule has 1 unspecified atom stereocenters. The van der Waals surface area contributed by atoms with E-state index in [1.54, 1.807) is 48.5 Å². The van der Waals surface area contributed by atoms with Crippen molar-refractivity contribution in [3.63, 3.8) is 0 Å². The molecule has 2 N–H and O–H groups in total. The molecule has 3 aromatic carbocycles. The zero-order valence-electron chi connectivity index (χ0n) is 16.5. The van der Waals surface area contributed by atoms with Gasteiger partial charge in [-0.15, -0.1) is 0 Å². The molecule has 6 nitrogen and oxygen atoms in total. The highest BCUT2D eigenvalue weighted by atomic mass is 16.5. The highest BCUT2D eigenvalue weighted by Crippen LogP contribution is 2.19. The van der Waals surface area contributed by atoms with Gasteiger partial charge >= 0.3 is 0 Å². The van der Waals surface area contributed by atoms with Crippen molar-refractivity contribution in [3.05, 3.63) is 95.6 Å². The van der Waals surface area contributed by atoms with Crippen LogP contribution >= 0.6 is 0 Å². The van der Waals surface area contributed by atoms with E-state index in [0.29, 0.717) is 28.8 Å². The van der Waals surface area contributed by atoms with Crippen LogP contribution in [-0.4, -0.2) is 24.7 Å². The molecule has 0 aromatic heterocycles. The van der Waals surface area contributed by atoms with Crippen molar-refractivity contribution >= 4 is 23.8 Å². The third-order valence-corrected chi connectivity index (χ3v) is 4.50. The molecular weight excluding hydrogens is 380 g/mol. The van der Waals surface area contributed by atoms with Gasteiger partial charge in [0, 0.05) is 0 Å². The Morgan fingerprint density at radius 3 is 2.37 bits per heavy atom. The van der Waals surface area contributed by atoms with Crippen molar-refractivity contribution < 1.29 is 19.1 Å².